The molecule has 0 saturated carbocycles. The lowest BCUT2D eigenvalue weighted by Gasteiger charge is -2.39. The summed E-state index contributed by atoms with van der Waals surface area (Å²) in [5, 5.41) is 9.13. The number of carboxylic acids is 1. The van der Waals surface area contributed by atoms with Crippen LogP contribution in [0.25, 0.3) is 0 Å². The van der Waals surface area contributed by atoms with Gasteiger partial charge in [-0.25, -0.2) is 4.79 Å². The zero-order valence-corrected chi connectivity index (χ0v) is 12.2. The van der Waals surface area contributed by atoms with Gasteiger partial charge in [-0.05, 0) is 31.5 Å². The van der Waals surface area contributed by atoms with E-state index >= 15 is 0 Å². The van der Waals surface area contributed by atoms with E-state index in [0.717, 1.165) is 38.3 Å². The molecule has 1 fully saturated rings. The van der Waals surface area contributed by atoms with Crippen molar-refractivity contribution < 1.29 is 9.90 Å². The van der Waals surface area contributed by atoms with Gasteiger partial charge in [-0.3, -0.25) is 4.90 Å². The minimum Gasteiger partial charge on any atom is -0.478 e. The fourth-order valence-electron chi connectivity index (χ4n) is 2.61. The Morgan fingerprint density at radius 3 is 2.55 bits per heavy atom. The van der Waals surface area contributed by atoms with Crippen LogP contribution in [0.4, 0.5) is 11.4 Å². The monoisotopic (exact) mass is 277 g/mol. The molecule has 0 radical (unpaired) electrons. The van der Waals surface area contributed by atoms with Gasteiger partial charge in [-0.1, -0.05) is 6.92 Å². The maximum atomic E-state index is 11.1. The van der Waals surface area contributed by atoms with Crippen molar-refractivity contribution in [2.75, 3.05) is 36.8 Å². The summed E-state index contributed by atoms with van der Waals surface area (Å²) >= 11 is 0. The average molecular weight is 277 g/mol. The van der Waals surface area contributed by atoms with Crippen LogP contribution in [-0.2, 0) is 0 Å². The number of benzene rings is 1. The molecular formula is C15H23N3O2. The Kier molecular flexibility index (Phi) is 4.49. The van der Waals surface area contributed by atoms with E-state index in [1.807, 2.05) is 6.07 Å². The average Bonchev–Trinajstić information content (AvgIpc) is 2.47. The Morgan fingerprint density at radius 2 is 2.00 bits per heavy atom. The third-order valence-electron chi connectivity index (χ3n) is 4.16. The molecular weight excluding hydrogens is 254 g/mol. The molecule has 1 heterocycles. The Balaban J connectivity index is 2.07. The van der Waals surface area contributed by atoms with Gasteiger partial charge in [0.25, 0.3) is 0 Å². The van der Waals surface area contributed by atoms with Gasteiger partial charge in [-0.2, -0.15) is 0 Å². The second-order valence-electron chi connectivity index (χ2n) is 5.36. The first kappa shape index (κ1) is 14.7. The highest BCUT2D eigenvalue weighted by atomic mass is 16.4. The maximum Gasteiger partial charge on any atom is 0.337 e. The SMILES string of the molecule is CCC(C)N1CCN(c2ccc(N)c(C(=O)O)c2)CC1. The molecule has 0 spiro atoms. The molecule has 2 rings (SSSR count). The molecule has 0 amide bonds. The van der Waals surface area contributed by atoms with E-state index < -0.39 is 5.97 Å². The summed E-state index contributed by atoms with van der Waals surface area (Å²) in [6.07, 6.45) is 1.16. The summed E-state index contributed by atoms with van der Waals surface area (Å²) in [7, 11) is 0. The van der Waals surface area contributed by atoms with Crippen LogP contribution in [0.2, 0.25) is 0 Å². The second-order valence-corrected chi connectivity index (χ2v) is 5.36. The lowest BCUT2D eigenvalue weighted by Crippen LogP contribution is -2.49. The molecule has 1 aromatic rings. The minimum absolute atomic E-state index is 0.187. The Morgan fingerprint density at radius 1 is 1.35 bits per heavy atom. The highest BCUT2D eigenvalue weighted by molar-refractivity contribution is 5.94. The van der Waals surface area contributed by atoms with Crippen LogP contribution < -0.4 is 10.6 Å². The predicted octanol–water partition coefficient (Wildman–Crippen LogP) is 1.89. The second kappa shape index (κ2) is 6.13. The van der Waals surface area contributed by atoms with Crippen molar-refractivity contribution in [3.8, 4) is 0 Å². The Labute approximate surface area is 120 Å². The summed E-state index contributed by atoms with van der Waals surface area (Å²) in [4.78, 5) is 15.8. The number of rotatable bonds is 4. The van der Waals surface area contributed by atoms with Gasteiger partial charge in [0, 0.05) is 43.6 Å². The summed E-state index contributed by atoms with van der Waals surface area (Å²) in [6.45, 7) is 8.34. The van der Waals surface area contributed by atoms with Crippen molar-refractivity contribution in [2.45, 2.75) is 26.3 Å². The van der Waals surface area contributed by atoms with E-state index in [1.54, 1.807) is 12.1 Å². The number of nitrogens with zero attached hydrogens (tertiary/aromatic N) is 2. The summed E-state index contributed by atoms with van der Waals surface area (Å²) < 4.78 is 0. The van der Waals surface area contributed by atoms with Crippen molar-refractivity contribution in [2.24, 2.45) is 0 Å². The molecule has 3 N–H and O–H groups in total. The molecule has 20 heavy (non-hydrogen) atoms. The molecule has 5 heteroatoms. The van der Waals surface area contributed by atoms with Crippen LogP contribution in [0, 0.1) is 0 Å². The van der Waals surface area contributed by atoms with Crippen molar-refractivity contribution in [3.05, 3.63) is 23.8 Å². The fourth-order valence-corrected chi connectivity index (χ4v) is 2.61. The molecule has 110 valence electrons. The van der Waals surface area contributed by atoms with Gasteiger partial charge >= 0.3 is 5.97 Å². The van der Waals surface area contributed by atoms with Crippen LogP contribution in [0.15, 0.2) is 18.2 Å². The van der Waals surface area contributed by atoms with Gasteiger partial charge in [0.15, 0.2) is 0 Å². The number of nitrogen functional groups attached to an aromatic ring is 1. The number of hydrogen-bond donors (Lipinski definition) is 2. The highest BCUT2D eigenvalue weighted by Crippen LogP contribution is 2.23. The molecule has 0 aromatic heterocycles. The number of aromatic carboxylic acids is 1. The molecule has 0 bridgehead atoms. The van der Waals surface area contributed by atoms with Crippen LogP contribution in [0.5, 0.6) is 0 Å². The van der Waals surface area contributed by atoms with E-state index in [4.69, 9.17) is 10.8 Å². The molecule has 1 saturated heterocycles. The zero-order valence-electron chi connectivity index (χ0n) is 12.2. The first-order valence-electron chi connectivity index (χ1n) is 7.14. The Hall–Kier alpha value is -1.75. The van der Waals surface area contributed by atoms with Crippen LogP contribution in [0.1, 0.15) is 30.6 Å². The largest absolute Gasteiger partial charge is 0.478 e. The van der Waals surface area contributed by atoms with E-state index in [0.29, 0.717) is 11.7 Å². The quantitative estimate of drug-likeness (QED) is 0.822. The number of carbonyl (C=O) groups is 1. The lowest BCUT2D eigenvalue weighted by molar-refractivity contribution is 0.0698. The first-order chi connectivity index (χ1) is 9.52. The topological polar surface area (TPSA) is 69.8 Å². The van der Waals surface area contributed by atoms with E-state index in [9.17, 15) is 4.79 Å². The third kappa shape index (κ3) is 3.04. The Bertz CT molecular complexity index is 482. The van der Waals surface area contributed by atoms with Crippen molar-refractivity contribution in [1.29, 1.82) is 0 Å². The summed E-state index contributed by atoms with van der Waals surface area (Å²) in [5.74, 6) is -0.970. The molecule has 1 aliphatic heterocycles. The molecule has 1 aromatic carbocycles. The maximum absolute atomic E-state index is 11.1. The van der Waals surface area contributed by atoms with Crippen molar-refractivity contribution >= 4 is 17.3 Å². The van der Waals surface area contributed by atoms with Gasteiger partial charge in [-0.15, -0.1) is 0 Å². The van der Waals surface area contributed by atoms with Gasteiger partial charge in [0.05, 0.1) is 5.56 Å². The van der Waals surface area contributed by atoms with Crippen molar-refractivity contribution in [1.82, 2.24) is 4.90 Å². The number of piperazine rings is 1. The zero-order chi connectivity index (χ0) is 14.7. The molecule has 1 aliphatic rings. The molecule has 5 nitrogen and oxygen atoms in total. The third-order valence-corrected chi connectivity index (χ3v) is 4.16. The van der Waals surface area contributed by atoms with Gasteiger partial charge in [0.1, 0.15) is 0 Å². The number of nitrogens with two attached hydrogens (primary N) is 1. The summed E-state index contributed by atoms with van der Waals surface area (Å²) in [5.41, 5.74) is 7.14. The van der Waals surface area contributed by atoms with Crippen molar-refractivity contribution in [3.63, 3.8) is 0 Å². The minimum atomic E-state index is -0.970. The first-order valence-corrected chi connectivity index (χ1v) is 7.14. The van der Waals surface area contributed by atoms with Gasteiger partial charge in [0.2, 0.25) is 0 Å². The van der Waals surface area contributed by atoms with Crippen LogP contribution in [-0.4, -0.2) is 48.2 Å². The molecule has 0 aliphatic carbocycles. The van der Waals surface area contributed by atoms with Crippen LogP contribution in [0.3, 0.4) is 0 Å². The molecule has 1 atom stereocenters. The van der Waals surface area contributed by atoms with E-state index in [1.165, 1.54) is 0 Å². The molecule has 1 unspecified atom stereocenters. The number of carboxylic acid groups (broad SMARTS) is 1. The van der Waals surface area contributed by atoms with Crippen LogP contribution >= 0.6 is 0 Å². The summed E-state index contributed by atoms with van der Waals surface area (Å²) in [6, 6.07) is 5.87. The fraction of sp³-hybridized carbons (Fsp3) is 0.533. The van der Waals surface area contributed by atoms with E-state index in [2.05, 4.69) is 23.6 Å². The standard InChI is InChI=1S/C15H23N3O2/c1-3-11(2)17-6-8-18(9-7-17)12-4-5-14(16)13(10-12)15(19)20/h4-5,10-11H,3,6-9,16H2,1-2H3,(H,19,20). The highest BCUT2D eigenvalue weighted by Gasteiger charge is 2.21. The smallest absolute Gasteiger partial charge is 0.337 e. The van der Waals surface area contributed by atoms with Gasteiger partial charge < -0.3 is 15.7 Å². The number of hydrogen-bond acceptors (Lipinski definition) is 4. The predicted molar refractivity (Wildman–Crippen MR) is 81.4 cm³/mol. The number of anilines is 2. The van der Waals surface area contributed by atoms with E-state index in [-0.39, 0.29) is 5.56 Å². The normalized spacial score (nSPS) is 18.0. The lowest BCUT2D eigenvalue weighted by atomic mass is 10.1.